The second-order valence-corrected chi connectivity index (χ2v) is 18.1. The number of aliphatic hydroxyl groups excluding tert-OH is 1. The molecule has 4 aliphatic rings. The molecule has 0 radical (unpaired) electrons. The first-order valence-electron chi connectivity index (χ1n) is 18.9. The Morgan fingerprint density at radius 1 is 1.13 bits per heavy atom. The van der Waals surface area contributed by atoms with Crippen LogP contribution in [0.5, 0.6) is 5.75 Å². The summed E-state index contributed by atoms with van der Waals surface area (Å²) in [7, 11) is -1.60. The molecule has 276 valence electrons. The summed E-state index contributed by atoms with van der Waals surface area (Å²) in [6.07, 6.45) is 8.86. The zero-order valence-electron chi connectivity index (χ0n) is 30.7. The van der Waals surface area contributed by atoms with Crippen molar-refractivity contribution >= 4 is 27.1 Å². The van der Waals surface area contributed by atoms with Gasteiger partial charge in [-0.1, -0.05) is 73.2 Å². The second-order valence-electron chi connectivity index (χ2n) is 15.8. The standard InChI is InChI=1S/C43H52N2O6S/c1-29-14-18-36-32(21-29)12-8-20-43(36)27-45-24-34-15-17-35(34)40(50-3)13-7-9-30(2)25-52(49,26-39(47)38(46)22-31-10-5-4-6-11-31)44-42(48)33-16-19-41(51-28-43)37(45)23-33/h4-7,10-11,13-14,16,18-19,21,23,30,34-35,38,40,46H,8-9,12,15,17,20,22,24-28H2,1-3H3/b13-7+/t30-,34-,35+,38-,40-,43-,52+/m0/s1. The molecule has 9 heteroatoms. The molecule has 52 heavy (non-hydrogen) atoms. The Kier molecular flexibility index (Phi) is 10.7. The molecule has 3 aromatic rings. The lowest BCUT2D eigenvalue weighted by molar-refractivity contribution is -0.124. The van der Waals surface area contributed by atoms with Crippen LogP contribution in [-0.4, -0.2) is 71.5 Å². The van der Waals surface area contributed by atoms with E-state index in [0.717, 1.165) is 62.2 Å². The predicted octanol–water partition coefficient (Wildman–Crippen LogP) is 6.89. The van der Waals surface area contributed by atoms with Crippen LogP contribution >= 0.6 is 0 Å². The van der Waals surface area contributed by atoms with Crippen LogP contribution in [0, 0.1) is 24.7 Å². The fourth-order valence-electron chi connectivity index (χ4n) is 8.90. The van der Waals surface area contributed by atoms with E-state index in [9.17, 15) is 18.9 Å². The number of ketones is 1. The number of fused-ring (bicyclic) bond motifs is 4. The normalized spacial score (nSPS) is 30.1. The fraction of sp³-hybridized carbons (Fsp3) is 0.488. The number of amides is 1. The highest BCUT2D eigenvalue weighted by molar-refractivity contribution is 7.94. The number of Topliss-reactive ketones (excluding diaryl/α,β-unsaturated/α-hetero) is 1. The van der Waals surface area contributed by atoms with E-state index in [1.165, 1.54) is 16.7 Å². The number of aryl methyl sites for hydroxylation is 2. The van der Waals surface area contributed by atoms with Gasteiger partial charge in [0.05, 0.1) is 33.9 Å². The molecule has 8 nitrogen and oxygen atoms in total. The van der Waals surface area contributed by atoms with Crippen LogP contribution in [0.25, 0.3) is 0 Å². The number of hydrogen-bond donors (Lipinski definition) is 1. The summed E-state index contributed by atoms with van der Waals surface area (Å²) in [4.78, 5) is 29.9. The van der Waals surface area contributed by atoms with Crippen molar-refractivity contribution in [2.24, 2.45) is 22.1 Å². The number of methoxy groups -OCH3 is 1. The monoisotopic (exact) mass is 724 g/mol. The molecule has 2 heterocycles. The van der Waals surface area contributed by atoms with Crippen molar-refractivity contribution < 1.29 is 28.4 Å². The molecule has 0 unspecified atom stereocenters. The van der Waals surface area contributed by atoms with E-state index in [0.29, 0.717) is 30.4 Å². The average molecular weight is 725 g/mol. The topological polar surface area (TPSA) is 106 Å². The Hall–Kier alpha value is -3.79. The Balaban J connectivity index is 1.26. The van der Waals surface area contributed by atoms with Crippen molar-refractivity contribution in [3.63, 3.8) is 0 Å². The molecule has 0 aromatic heterocycles. The van der Waals surface area contributed by atoms with E-state index in [2.05, 4.69) is 46.5 Å². The zero-order chi connectivity index (χ0) is 36.5. The van der Waals surface area contributed by atoms with Crippen LogP contribution < -0.4 is 9.64 Å². The van der Waals surface area contributed by atoms with Gasteiger partial charge >= 0.3 is 0 Å². The number of benzene rings is 3. The number of aliphatic hydroxyl groups is 1. The number of anilines is 1. The number of carbonyl (C=O) groups is 2. The summed E-state index contributed by atoms with van der Waals surface area (Å²) in [6.45, 7) is 6.21. The van der Waals surface area contributed by atoms with Gasteiger partial charge in [0.2, 0.25) is 0 Å². The van der Waals surface area contributed by atoms with Crippen LogP contribution in [0.1, 0.15) is 71.6 Å². The molecule has 1 spiro atoms. The average Bonchev–Trinajstić information content (AvgIpc) is 3.26. The molecule has 2 aliphatic heterocycles. The molecule has 1 N–H and O–H groups in total. The van der Waals surface area contributed by atoms with E-state index in [1.54, 1.807) is 13.2 Å². The van der Waals surface area contributed by atoms with Gasteiger partial charge in [0, 0.05) is 43.4 Å². The summed E-state index contributed by atoms with van der Waals surface area (Å²) >= 11 is 0. The maximum absolute atomic E-state index is 14.6. The third kappa shape index (κ3) is 7.78. The largest absolute Gasteiger partial charge is 0.490 e. The van der Waals surface area contributed by atoms with Gasteiger partial charge in [0.25, 0.3) is 5.91 Å². The number of carbonyl (C=O) groups excluding carboxylic acids is 2. The van der Waals surface area contributed by atoms with E-state index < -0.39 is 33.3 Å². The van der Waals surface area contributed by atoms with E-state index in [-0.39, 0.29) is 29.6 Å². The summed E-state index contributed by atoms with van der Waals surface area (Å²) in [5, 5.41) is 10.9. The van der Waals surface area contributed by atoms with E-state index >= 15 is 0 Å². The highest BCUT2D eigenvalue weighted by atomic mass is 32.2. The molecule has 7 atom stereocenters. The first kappa shape index (κ1) is 36.6. The smallest absolute Gasteiger partial charge is 0.285 e. The second kappa shape index (κ2) is 15.3. The van der Waals surface area contributed by atoms with Gasteiger partial charge in [-0.2, -0.15) is 4.36 Å². The van der Waals surface area contributed by atoms with Crippen LogP contribution in [0.2, 0.25) is 0 Å². The Bertz CT molecular complexity index is 1950. The summed E-state index contributed by atoms with van der Waals surface area (Å²) < 4.78 is 31.7. The minimum atomic E-state index is -3.37. The molecule has 2 aliphatic carbocycles. The molecule has 0 saturated heterocycles. The molecule has 1 fully saturated rings. The van der Waals surface area contributed by atoms with Crippen molar-refractivity contribution in [3.8, 4) is 5.75 Å². The molecule has 3 aromatic carbocycles. The zero-order valence-corrected chi connectivity index (χ0v) is 31.5. The van der Waals surface area contributed by atoms with Crippen molar-refractivity contribution in [1.82, 2.24) is 0 Å². The molecule has 1 amide bonds. The van der Waals surface area contributed by atoms with Gasteiger partial charge in [0.1, 0.15) is 11.9 Å². The first-order chi connectivity index (χ1) is 25.0. The molecular formula is C43H52N2O6S. The van der Waals surface area contributed by atoms with Crippen LogP contribution in [0.15, 0.2) is 83.2 Å². The lowest BCUT2D eigenvalue weighted by atomic mass is 9.68. The van der Waals surface area contributed by atoms with E-state index in [4.69, 9.17) is 9.47 Å². The highest BCUT2D eigenvalue weighted by Gasteiger charge is 2.44. The number of nitrogens with zero attached hydrogens (tertiary/aromatic N) is 2. The Morgan fingerprint density at radius 3 is 2.73 bits per heavy atom. The number of ether oxygens (including phenoxy) is 2. The third-order valence-electron chi connectivity index (χ3n) is 11.8. The summed E-state index contributed by atoms with van der Waals surface area (Å²) in [5.41, 5.74) is 5.76. The van der Waals surface area contributed by atoms with Gasteiger partial charge in [-0.05, 0) is 98.1 Å². The summed E-state index contributed by atoms with van der Waals surface area (Å²) in [6, 6.07) is 21.5. The lowest BCUT2D eigenvalue weighted by Gasteiger charge is -2.46. The first-order valence-corrected chi connectivity index (χ1v) is 20.7. The molecule has 1 saturated carbocycles. The number of allylic oxidation sites excluding steroid dienone is 1. The molecule has 7 rings (SSSR count). The van der Waals surface area contributed by atoms with Crippen molar-refractivity contribution in [3.05, 3.63) is 107 Å². The van der Waals surface area contributed by atoms with Crippen molar-refractivity contribution in [1.29, 1.82) is 0 Å². The van der Waals surface area contributed by atoms with Gasteiger partial charge in [0.15, 0.2) is 5.78 Å². The van der Waals surface area contributed by atoms with Crippen molar-refractivity contribution in [2.45, 2.75) is 76.4 Å². The van der Waals surface area contributed by atoms with Gasteiger partial charge in [-0.15, -0.1) is 0 Å². The SMILES string of the molecule is CO[C@H]1/C=C/C[C@H](C)C[S@@](=O)(CC(=O)[C@@H](O)Cc2ccccc2)=NC(=O)c2ccc3c(c2)N(C[C@@H]2CC[C@H]21)C[C@@]1(CCCc2cc(C)ccc21)CO3. The maximum Gasteiger partial charge on any atom is 0.285 e. The number of hydrogen-bond acceptors (Lipinski definition) is 7. The van der Waals surface area contributed by atoms with Gasteiger partial charge < -0.3 is 19.5 Å². The molecular weight excluding hydrogens is 673 g/mol. The third-order valence-corrected chi connectivity index (χ3v) is 14.1. The Labute approximate surface area is 308 Å². The van der Waals surface area contributed by atoms with Crippen LogP contribution in [-0.2, 0) is 37.5 Å². The predicted molar refractivity (Wildman–Crippen MR) is 206 cm³/mol. The summed E-state index contributed by atoms with van der Waals surface area (Å²) in [5.74, 6) is -0.288. The molecule has 2 bridgehead atoms. The van der Waals surface area contributed by atoms with Crippen LogP contribution in [0.4, 0.5) is 5.69 Å². The minimum absolute atomic E-state index is 0.0504. The highest BCUT2D eigenvalue weighted by Crippen LogP contribution is 2.47. The minimum Gasteiger partial charge on any atom is -0.490 e. The van der Waals surface area contributed by atoms with Crippen LogP contribution in [0.3, 0.4) is 0 Å². The van der Waals surface area contributed by atoms with Gasteiger partial charge in [-0.25, -0.2) is 4.21 Å². The lowest BCUT2D eigenvalue weighted by Crippen LogP contribution is -2.49. The van der Waals surface area contributed by atoms with Crippen molar-refractivity contribution in [2.75, 3.05) is 43.2 Å². The Morgan fingerprint density at radius 2 is 1.96 bits per heavy atom. The quantitative estimate of drug-likeness (QED) is 0.276. The fourth-order valence-corrected chi connectivity index (χ4v) is 11.2. The maximum atomic E-state index is 14.6. The van der Waals surface area contributed by atoms with Gasteiger partial charge in [-0.3, -0.25) is 9.59 Å². The number of rotatable bonds is 6. The van der Waals surface area contributed by atoms with E-state index in [1.807, 2.05) is 49.4 Å².